The molecule has 0 saturated heterocycles. The predicted molar refractivity (Wildman–Crippen MR) is 74.0 cm³/mol. The van der Waals surface area contributed by atoms with E-state index < -0.39 is 0 Å². The lowest BCUT2D eigenvalue weighted by Crippen LogP contribution is -2.03. The van der Waals surface area contributed by atoms with E-state index in [1.165, 1.54) is 4.88 Å². The Balaban J connectivity index is 2.15. The molecule has 88 valence electrons. The van der Waals surface area contributed by atoms with Crippen molar-refractivity contribution in [3.05, 3.63) is 27.6 Å². The zero-order valence-electron chi connectivity index (χ0n) is 9.19. The lowest BCUT2D eigenvalue weighted by Gasteiger charge is -2.17. The van der Waals surface area contributed by atoms with Crippen LogP contribution in [0.25, 0.3) is 10.4 Å². The van der Waals surface area contributed by atoms with Crippen molar-refractivity contribution >= 4 is 32.9 Å². The van der Waals surface area contributed by atoms with Gasteiger partial charge in [0.2, 0.25) is 0 Å². The number of fused-ring (bicyclic) bond motifs is 3. The van der Waals surface area contributed by atoms with Gasteiger partial charge in [-0.2, -0.15) is 0 Å². The normalized spacial score (nSPS) is 12.5. The van der Waals surface area contributed by atoms with E-state index in [0.29, 0.717) is 13.2 Å². The molecule has 0 spiro atoms. The zero-order chi connectivity index (χ0) is 11.8. The highest BCUT2D eigenvalue weighted by molar-refractivity contribution is 7.80. The third kappa shape index (κ3) is 1.88. The summed E-state index contributed by atoms with van der Waals surface area (Å²) < 4.78 is 12.2. The summed E-state index contributed by atoms with van der Waals surface area (Å²) in [6.07, 6.45) is 0. The Labute approximate surface area is 112 Å². The third-order valence-electron chi connectivity index (χ3n) is 2.60. The second-order valence-corrected chi connectivity index (χ2v) is 6.46. The predicted octanol–water partition coefficient (Wildman–Crippen LogP) is 4.50. The summed E-state index contributed by atoms with van der Waals surface area (Å²) in [6, 6.07) is 5.95. The summed E-state index contributed by atoms with van der Waals surface area (Å²) in [4.78, 5) is 1.24. The van der Waals surface area contributed by atoms with Crippen LogP contribution in [0, 0.1) is 3.82 Å². The van der Waals surface area contributed by atoms with Gasteiger partial charge in [-0.25, -0.2) is 0 Å². The Kier molecular flexibility index (Phi) is 2.90. The first kappa shape index (κ1) is 11.2. The maximum absolute atomic E-state index is 5.71. The van der Waals surface area contributed by atoms with E-state index in [-0.39, 0.29) is 0 Å². The molecule has 0 bridgehead atoms. The van der Waals surface area contributed by atoms with Crippen LogP contribution in [-0.2, 0) is 6.61 Å². The van der Waals surface area contributed by atoms with Gasteiger partial charge >= 0.3 is 0 Å². The van der Waals surface area contributed by atoms with Gasteiger partial charge in [0.1, 0.15) is 21.9 Å². The summed E-state index contributed by atoms with van der Waals surface area (Å²) in [5.41, 5.74) is 2.26. The first-order chi connectivity index (χ1) is 8.29. The lowest BCUT2D eigenvalue weighted by molar-refractivity contribution is 0.301. The van der Waals surface area contributed by atoms with Gasteiger partial charge in [0.05, 0.1) is 11.5 Å². The average molecular weight is 282 g/mol. The molecule has 3 rings (SSSR count). The minimum Gasteiger partial charge on any atom is -0.494 e. The Hall–Kier alpha value is -0.910. The molecule has 1 aliphatic heterocycles. The highest BCUT2D eigenvalue weighted by Gasteiger charge is 2.21. The van der Waals surface area contributed by atoms with E-state index in [2.05, 4.69) is 0 Å². The molecule has 1 aromatic carbocycles. The van der Waals surface area contributed by atoms with Gasteiger partial charge in [-0.15, -0.1) is 0 Å². The smallest absolute Gasteiger partial charge is 0.128 e. The Morgan fingerprint density at radius 1 is 1.41 bits per heavy atom. The van der Waals surface area contributed by atoms with Crippen LogP contribution in [0.15, 0.2) is 18.2 Å². The molecule has 2 heterocycles. The van der Waals surface area contributed by atoms with Crippen LogP contribution in [0.1, 0.15) is 12.5 Å². The van der Waals surface area contributed by atoms with E-state index in [9.17, 15) is 0 Å². The van der Waals surface area contributed by atoms with Crippen LogP contribution in [0.2, 0.25) is 0 Å². The van der Waals surface area contributed by atoms with Gasteiger partial charge in [0.15, 0.2) is 0 Å². The second kappa shape index (κ2) is 4.40. The third-order valence-corrected chi connectivity index (χ3v) is 5.78. The first-order valence-corrected chi connectivity index (χ1v) is 7.87. The van der Waals surface area contributed by atoms with E-state index in [0.717, 1.165) is 26.4 Å². The van der Waals surface area contributed by atoms with Crippen molar-refractivity contribution < 1.29 is 9.47 Å². The van der Waals surface area contributed by atoms with Gasteiger partial charge in [-0.05, 0) is 25.1 Å². The van der Waals surface area contributed by atoms with Gasteiger partial charge < -0.3 is 9.47 Å². The molecule has 0 N–H and O–H groups in total. The van der Waals surface area contributed by atoms with E-state index in [1.54, 1.807) is 20.7 Å². The largest absolute Gasteiger partial charge is 0.494 e. The van der Waals surface area contributed by atoms with Crippen LogP contribution < -0.4 is 9.47 Å². The van der Waals surface area contributed by atoms with Gasteiger partial charge in [-0.1, -0.05) is 32.9 Å². The minimum absolute atomic E-state index is 0.592. The highest BCUT2D eigenvalue weighted by atomic mass is 32.9. The monoisotopic (exact) mass is 282 g/mol. The van der Waals surface area contributed by atoms with Crippen molar-refractivity contribution in [2.24, 2.45) is 0 Å². The molecular weight excluding hydrogens is 272 g/mol. The van der Waals surface area contributed by atoms with Crippen LogP contribution in [0.3, 0.4) is 0 Å². The molecule has 5 heteroatoms. The van der Waals surface area contributed by atoms with Crippen molar-refractivity contribution in [3.8, 4) is 21.9 Å². The highest BCUT2D eigenvalue weighted by Crippen LogP contribution is 2.44. The molecule has 0 fully saturated rings. The molecule has 1 aliphatic rings. The Bertz CT molecular complexity index is 612. The SMILES string of the molecule is CCOc1ccc2c(c1)-c1ssc(=S)c1CO2. The number of hydrogen-bond donors (Lipinski definition) is 0. The molecule has 0 atom stereocenters. The summed E-state index contributed by atoms with van der Waals surface area (Å²) in [6.45, 7) is 3.25. The molecule has 2 nitrogen and oxygen atoms in total. The van der Waals surface area contributed by atoms with Crippen molar-refractivity contribution in [2.75, 3.05) is 6.61 Å². The maximum atomic E-state index is 5.71. The van der Waals surface area contributed by atoms with Crippen LogP contribution in [0.4, 0.5) is 0 Å². The van der Waals surface area contributed by atoms with Crippen LogP contribution >= 0.6 is 32.9 Å². The summed E-state index contributed by atoms with van der Waals surface area (Å²) in [5, 5.41) is 0. The average Bonchev–Trinajstić information content (AvgIpc) is 2.72. The number of hydrogen-bond acceptors (Lipinski definition) is 5. The number of benzene rings is 1. The lowest BCUT2D eigenvalue weighted by atomic mass is 10.1. The van der Waals surface area contributed by atoms with Gasteiger partial charge in [-0.3, -0.25) is 0 Å². The molecule has 0 amide bonds. The first-order valence-electron chi connectivity index (χ1n) is 5.31. The zero-order valence-corrected chi connectivity index (χ0v) is 11.6. The van der Waals surface area contributed by atoms with Crippen molar-refractivity contribution in [1.82, 2.24) is 0 Å². The molecule has 0 unspecified atom stereocenters. The number of rotatable bonds is 2. The van der Waals surface area contributed by atoms with Crippen molar-refractivity contribution in [2.45, 2.75) is 13.5 Å². The summed E-state index contributed by atoms with van der Waals surface area (Å²) in [7, 11) is 3.36. The molecule has 0 saturated carbocycles. The fourth-order valence-electron chi connectivity index (χ4n) is 1.82. The minimum atomic E-state index is 0.592. The maximum Gasteiger partial charge on any atom is 0.128 e. The van der Waals surface area contributed by atoms with Crippen molar-refractivity contribution in [3.63, 3.8) is 0 Å². The molecule has 2 aromatic rings. The Morgan fingerprint density at radius 3 is 3.12 bits per heavy atom. The molecule has 17 heavy (non-hydrogen) atoms. The molecular formula is C12H10O2S3. The number of ether oxygens (including phenoxy) is 2. The fraction of sp³-hybridized carbons (Fsp3) is 0.250. The van der Waals surface area contributed by atoms with Crippen LogP contribution in [-0.4, -0.2) is 6.61 Å². The fourth-order valence-corrected chi connectivity index (χ4v) is 4.70. The standard InChI is InChI=1S/C12H10O2S3/c1-2-13-7-3-4-10-8(5-7)11-9(6-14-10)12(15)17-16-11/h3-5H,2,6H2,1H3. The molecule has 0 radical (unpaired) electrons. The Morgan fingerprint density at radius 2 is 2.29 bits per heavy atom. The van der Waals surface area contributed by atoms with Gasteiger partial charge in [0.25, 0.3) is 0 Å². The van der Waals surface area contributed by atoms with Crippen LogP contribution in [0.5, 0.6) is 11.5 Å². The summed E-state index contributed by atoms with van der Waals surface area (Å²) >= 11 is 5.30. The topological polar surface area (TPSA) is 18.5 Å². The van der Waals surface area contributed by atoms with Crippen molar-refractivity contribution in [1.29, 1.82) is 0 Å². The van der Waals surface area contributed by atoms with E-state index in [1.807, 2.05) is 25.1 Å². The quantitative estimate of drug-likeness (QED) is 0.597. The van der Waals surface area contributed by atoms with E-state index in [4.69, 9.17) is 21.7 Å². The summed E-state index contributed by atoms with van der Waals surface area (Å²) in [5.74, 6) is 1.80. The second-order valence-electron chi connectivity index (χ2n) is 3.64. The van der Waals surface area contributed by atoms with E-state index >= 15 is 0 Å². The molecule has 1 aromatic heterocycles. The van der Waals surface area contributed by atoms with Gasteiger partial charge in [0, 0.05) is 11.1 Å². The molecule has 0 aliphatic carbocycles.